The average molecular weight is 204 g/mol. The largest absolute Gasteiger partial charge is 0.471 e. The molecule has 2 rings (SSSR count). The van der Waals surface area contributed by atoms with Gasteiger partial charge in [0.15, 0.2) is 0 Å². The van der Waals surface area contributed by atoms with Crippen molar-refractivity contribution in [2.45, 2.75) is 13.8 Å². The van der Waals surface area contributed by atoms with Crippen molar-refractivity contribution in [3.8, 4) is 5.69 Å². The van der Waals surface area contributed by atoms with Gasteiger partial charge in [-0.25, -0.2) is 14.7 Å². The molecular weight excluding hydrogens is 194 g/mol. The van der Waals surface area contributed by atoms with E-state index >= 15 is 0 Å². The SMILES string of the molecule is Cc1ccc(C)c(-[n+]2cc(=O)o[n-]2)c1.[N]. The Morgan fingerprint density at radius 1 is 1.33 bits per heavy atom. The molecule has 5 heteroatoms. The van der Waals surface area contributed by atoms with Gasteiger partial charge in [0.05, 0.1) is 0 Å². The van der Waals surface area contributed by atoms with Gasteiger partial charge in [0.2, 0.25) is 5.69 Å². The minimum atomic E-state index is -0.439. The molecule has 1 aromatic heterocycles. The van der Waals surface area contributed by atoms with Crippen molar-refractivity contribution < 1.29 is 9.20 Å². The predicted octanol–water partition coefficient (Wildman–Crippen LogP) is 0.00994. The Labute approximate surface area is 86.9 Å². The van der Waals surface area contributed by atoms with Gasteiger partial charge in [-0.05, 0) is 19.4 Å². The molecule has 0 unspecified atom stereocenters. The topological polar surface area (TPSA) is 78.7 Å². The van der Waals surface area contributed by atoms with E-state index in [0.717, 1.165) is 16.8 Å². The fourth-order valence-electron chi connectivity index (χ4n) is 1.31. The summed E-state index contributed by atoms with van der Waals surface area (Å²) in [5.41, 5.74) is 2.60. The third-order valence-corrected chi connectivity index (χ3v) is 2.06. The highest BCUT2D eigenvalue weighted by molar-refractivity contribution is 5.35. The fraction of sp³-hybridized carbons (Fsp3) is 0.200. The first-order chi connectivity index (χ1) is 6.66. The molecule has 0 saturated carbocycles. The van der Waals surface area contributed by atoms with Gasteiger partial charge in [-0.3, -0.25) is 0 Å². The third-order valence-electron chi connectivity index (χ3n) is 2.06. The van der Waals surface area contributed by atoms with Crippen LogP contribution in [0.15, 0.2) is 33.7 Å². The van der Waals surface area contributed by atoms with Gasteiger partial charge >= 0.3 is 5.63 Å². The van der Waals surface area contributed by atoms with Crippen molar-refractivity contribution in [1.29, 1.82) is 0 Å². The molecule has 0 amide bonds. The minimum absolute atomic E-state index is 0. The van der Waals surface area contributed by atoms with Gasteiger partial charge in [-0.15, -0.1) is 0 Å². The summed E-state index contributed by atoms with van der Waals surface area (Å²) in [6.45, 7) is 3.95. The lowest BCUT2D eigenvalue weighted by molar-refractivity contribution is -0.676. The third kappa shape index (κ3) is 2.13. The zero-order valence-corrected chi connectivity index (χ0v) is 8.47. The number of nitrogens with zero attached hydrogens (tertiary/aromatic N) is 3. The van der Waals surface area contributed by atoms with Crippen LogP contribution in [0.5, 0.6) is 0 Å². The number of aryl methyl sites for hydroxylation is 2. The maximum Gasteiger partial charge on any atom is 0.389 e. The highest BCUT2D eigenvalue weighted by Gasteiger charge is 2.07. The second kappa shape index (κ2) is 4.10. The molecule has 2 aromatic rings. The van der Waals surface area contributed by atoms with Crippen LogP contribution in [-0.2, 0) is 0 Å². The average Bonchev–Trinajstić information content (AvgIpc) is 2.56. The smallest absolute Gasteiger partial charge is 0.389 e. The van der Waals surface area contributed by atoms with Crippen LogP contribution in [0, 0.1) is 13.8 Å². The van der Waals surface area contributed by atoms with Gasteiger partial charge in [0.1, 0.15) is 0 Å². The van der Waals surface area contributed by atoms with E-state index in [9.17, 15) is 4.79 Å². The molecule has 1 heterocycles. The molecule has 0 aliphatic heterocycles. The first kappa shape index (κ1) is 11.2. The van der Waals surface area contributed by atoms with Crippen molar-refractivity contribution in [1.82, 2.24) is 11.4 Å². The van der Waals surface area contributed by atoms with Gasteiger partial charge in [0.25, 0.3) is 6.20 Å². The summed E-state index contributed by atoms with van der Waals surface area (Å²) >= 11 is 0. The molecule has 0 saturated heterocycles. The Morgan fingerprint density at radius 3 is 2.67 bits per heavy atom. The van der Waals surface area contributed by atoms with Gasteiger partial charge in [-0.2, -0.15) is 0 Å². The Balaban J connectivity index is 0.00000112. The Hall–Kier alpha value is -1.88. The van der Waals surface area contributed by atoms with Crippen LogP contribution in [0.4, 0.5) is 0 Å². The zero-order valence-electron chi connectivity index (χ0n) is 8.47. The van der Waals surface area contributed by atoms with Crippen LogP contribution in [-0.4, -0.2) is 0 Å². The van der Waals surface area contributed by atoms with E-state index in [1.807, 2.05) is 32.0 Å². The van der Waals surface area contributed by atoms with Gasteiger partial charge < -0.3 is 4.52 Å². The Kier molecular flexibility index (Phi) is 3.06. The molecule has 0 N–H and O–H groups in total. The molecule has 1 aromatic carbocycles. The molecule has 0 aliphatic rings. The summed E-state index contributed by atoms with van der Waals surface area (Å²) < 4.78 is 5.92. The monoisotopic (exact) mass is 204 g/mol. The van der Waals surface area contributed by atoms with E-state index in [2.05, 4.69) is 9.79 Å². The maximum atomic E-state index is 10.8. The summed E-state index contributed by atoms with van der Waals surface area (Å²) in [6, 6.07) is 5.95. The fourth-order valence-corrected chi connectivity index (χ4v) is 1.31. The van der Waals surface area contributed by atoms with E-state index in [0.29, 0.717) is 0 Å². The second-order valence-electron chi connectivity index (χ2n) is 3.26. The van der Waals surface area contributed by atoms with Crippen LogP contribution >= 0.6 is 0 Å². The summed E-state index contributed by atoms with van der Waals surface area (Å²) in [6.07, 6.45) is 1.32. The van der Waals surface area contributed by atoms with Crippen LogP contribution in [0.3, 0.4) is 0 Å². The van der Waals surface area contributed by atoms with E-state index < -0.39 is 5.63 Å². The number of hydrogen-bond acceptors (Lipinski definition) is 2. The van der Waals surface area contributed by atoms with Crippen molar-refractivity contribution >= 4 is 0 Å². The molecule has 0 aliphatic carbocycles. The Morgan fingerprint density at radius 2 is 2.07 bits per heavy atom. The number of aromatic nitrogens is 2. The van der Waals surface area contributed by atoms with Crippen molar-refractivity contribution in [2.24, 2.45) is 0 Å². The number of rotatable bonds is 1. The molecule has 5 nitrogen and oxygen atoms in total. The van der Waals surface area contributed by atoms with Gasteiger partial charge in [0, 0.05) is 17.8 Å². The zero-order chi connectivity index (χ0) is 10.1. The molecule has 0 fully saturated rings. The summed E-state index contributed by atoms with van der Waals surface area (Å²) in [5.74, 6) is 0. The normalized spacial score (nSPS) is 9.73. The minimum Gasteiger partial charge on any atom is -0.471 e. The summed E-state index contributed by atoms with van der Waals surface area (Å²) in [5, 5.41) is 3.62. The maximum absolute atomic E-state index is 10.8. The highest BCUT2D eigenvalue weighted by atomic mass is 16.5. The summed E-state index contributed by atoms with van der Waals surface area (Å²) in [4.78, 5) is 10.8. The lowest BCUT2D eigenvalue weighted by Crippen LogP contribution is -2.35. The lowest BCUT2D eigenvalue weighted by Gasteiger charge is -2.01. The summed E-state index contributed by atoms with van der Waals surface area (Å²) in [7, 11) is 0. The standard InChI is InChI=1S/C10H10N2O2.N/c1-7-3-4-8(2)9(5-7)12-6-10(13)14-11-12;/h3-6H,1-2H3;. The van der Waals surface area contributed by atoms with E-state index in [1.165, 1.54) is 10.9 Å². The molecule has 0 atom stereocenters. The first-order valence-electron chi connectivity index (χ1n) is 4.30. The molecular formula is C10H10N3O2. The predicted molar refractivity (Wildman–Crippen MR) is 51.4 cm³/mol. The molecule has 77 valence electrons. The van der Waals surface area contributed by atoms with Crippen molar-refractivity contribution in [3.05, 3.63) is 45.9 Å². The molecule has 0 spiro atoms. The quantitative estimate of drug-likeness (QED) is 0.614. The van der Waals surface area contributed by atoms with Crippen LogP contribution < -0.4 is 21.7 Å². The van der Waals surface area contributed by atoms with E-state index in [4.69, 9.17) is 0 Å². The van der Waals surface area contributed by atoms with Crippen molar-refractivity contribution in [2.75, 3.05) is 0 Å². The first-order valence-corrected chi connectivity index (χ1v) is 4.30. The highest BCUT2D eigenvalue weighted by Crippen LogP contribution is 2.08. The van der Waals surface area contributed by atoms with Gasteiger partial charge in [-0.1, -0.05) is 12.1 Å². The number of hydrogen-bond donors (Lipinski definition) is 0. The molecule has 0 bridgehead atoms. The lowest BCUT2D eigenvalue weighted by atomic mass is 10.1. The molecule has 3 radical (unpaired) electrons. The molecule has 15 heavy (non-hydrogen) atoms. The van der Waals surface area contributed by atoms with Crippen molar-refractivity contribution in [3.63, 3.8) is 0 Å². The van der Waals surface area contributed by atoms with Crippen LogP contribution in [0.25, 0.3) is 5.69 Å². The van der Waals surface area contributed by atoms with E-state index in [1.54, 1.807) is 0 Å². The Bertz CT molecular complexity index is 513. The van der Waals surface area contributed by atoms with Crippen LogP contribution in [0.2, 0.25) is 0 Å². The second-order valence-corrected chi connectivity index (χ2v) is 3.26. The van der Waals surface area contributed by atoms with E-state index in [-0.39, 0.29) is 6.15 Å². The van der Waals surface area contributed by atoms with Crippen LogP contribution in [0.1, 0.15) is 11.1 Å². The number of benzene rings is 1.